The van der Waals surface area contributed by atoms with Crippen molar-refractivity contribution in [3.05, 3.63) is 90.5 Å². The van der Waals surface area contributed by atoms with Crippen LogP contribution in [0.4, 0.5) is 5.69 Å². The molecule has 2 bridgehead atoms. The summed E-state index contributed by atoms with van der Waals surface area (Å²) in [5.41, 5.74) is 1.76. The molecule has 1 spiro atoms. The highest BCUT2D eigenvalue weighted by Crippen LogP contribution is 2.64. The Hall–Kier alpha value is -3.75. The van der Waals surface area contributed by atoms with Gasteiger partial charge in [0, 0.05) is 38.5 Å². The van der Waals surface area contributed by atoms with Crippen LogP contribution in [-0.2, 0) is 25.7 Å². The van der Waals surface area contributed by atoms with E-state index in [1.165, 1.54) is 0 Å². The monoisotopic (exact) mass is 627 g/mol. The number of carbonyl (C=O) groups excluding carboxylic acids is 3. The van der Waals surface area contributed by atoms with Crippen molar-refractivity contribution in [2.24, 2.45) is 11.8 Å². The number of nitrogens with zero attached hydrogens (tertiary/aromatic N) is 3. The Kier molecular flexibility index (Phi) is 10.2. The second-order valence-corrected chi connectivity index (χ2v) is 13.1. The number of likely N-dealkylation sites (tertiary alicyclic amines) is 1. The number of hydrogen-bond acceptors (Lipinski definition) is 5. The van der Waals surface area contributed by atoms with E-state index in [0.717, 1.165) is 28.8 Å². The molecule has 3 amide bonds. The molecule has 0 aliphatic carbocycles. The number of aryl methyl sites for hydroxylation is 2. The Bertz CT molecular complexity index is 1440. The van der Waals surface area contributed by atoms with E-state index in [4.69, 9.17) is 4.74 Å². The molecule has 1 N–H and O–H groups in total. The SMILES string of the molecule is C=CCN(Cc1ccccc1)C(=O)[C@H]1[C@H]2C(=O)N(CCCCCO)C(C(=O)N(CC=C)c3c(C)cccc3C)C23CC[C@]1(CC)O3. The van der Waals surface area contributed by atoms with E-state index in [2.05, 4.69) is 13.2 Å². The first-order chi connectivity index (χ1) is 22.2. The standard InChI is InChI=1S/C38H49N3O5/c1-6-22-39(26-29-18-11-9-12-19-29)34(43)30-31-35(44)41(24-13-10-14-25-42)33(38(31)21-20-37(30,8-3)46-38)36(45)40(23-7-2)32-27(4)16-15-17-28(32)5/h6-7,9,11-12,15-19,30-31,33,42H,1-2,8,10,13-14,20-26H2,3-5H3/t30-,31+,33?,37+,38?/m1/s1. The van der Waals surface area contributed by atoms with Gasteiger partial charge in [-0.2, -0.15) is 0 Å². The summed E-state index contributed by atoms with van der Waals surface area (Å²) in [6.07, 6.45) is 7.10. The Balaban J connectivity index is 1.59. The van der Waals surface area contributed by atoms with Crippen LogP contribution in [0.25, 0.3) is 0 Å². The second kappa shape index (κ2) is 13.9. The molecule has 5 atom stereocenters. The first-order valence-electron chi connectivity index (χ1n) is 16.7. The summed E-state index contributed by atoms with van der Waals surface area (Å²) < 4.78 is 7.07. The average Bonchev–Trinajstić information content (AvgIpc) is 3.65. The summed E-state index contributed by atoms with van der Waals surface area (Å²) in [7, 11) is 0. The molecule has 2 aromatic rings. The Morgan fingerprint density at radius 2 is 1.67 bits per heavy atom. The van der Waals surface area contributed by atoms with Gasteiger partial charge in [0.15, 0.2) is 0 Å². The summed E-state index contributed by atoms with van der Waals surface area (Å²) in [6, 6.07) is 14.9. The van der Waals surface area contributed by atoms with Gasteiger partial charge in [0.25, 0.3) is 5.91 Å². The molecule has 3 aliphatic heterocycles. The molecule has 8 nitrogen and oxygen atoms in total. The molecule has 246 valence electrons. The summed E-state index contributed by atoms with van der Waals surface area (Å²) >= 11 is 0. The highest BCUT2D eigenvalue weighted by molar-refractivity contribution is 6.05. The van der Waals surface area contributed by atoms with Gasteiger partial charge >= 0.3 is 0 Å². The number of unbranched alkanes of at least 4 members (excludes halogenated alkanes) is 2. The number of para-hydroxylation sites is 1. The quantitative estimate of drug-likeness (QED) is 0.212. The number of ether oxygens (including phenoxy) is 1. The van der Waals surface area contributed by atoms with Gasteiger partial charge in [0.2, 0.25) is 11.8 Å². The van der Waals surface area contributed by atoms with Crippen LogP contribution in [0, 0.1) is 25.7 Å². The minimum absolute atomic E-state index is 0.0712. The molecule has 3 heterocycles. The third-order valence-corrected chi connectivity index (χ3v) is 10.4. The van der Waals surface area contributed by atoms with Gasteiger partial charge in [-0.05, 0) is 69.1 Å². The van der Waals surface area contributed by atoms with Crippen molar-refractivity contribution in [2.45, 2.75) is 83.1 Å². The van der Waals surface area contributed by atoms with Crippen molar-refractivity contribution in [1.29, 1.82) is 0 Å². The highest BCUT2D eigenvalue weighted by Gasteiger charge is 2.79. The minimum Gasteiger partial charge on any atom is -0.396 e. The average molecular weight is 628 g/mol. The van der Waals surface area contributed by atoms with E-state index in [1.807, 2.05) is 69.3 Å². The first-order valence-corrected chi connectivity index (χ1v) is 16.7. The highest BCUT2D eigenvalue weighted by atomic mass is 16.5. The topological polar surface area (TPSA) is 90.4 Å². The Morgan fingerprint density at radius 1 is 0.978 bits per heavy atom. The van der Waals surface area contributed by atoms with E-state index in [0.29, 0.717) is 51.7 Å². The minimum atomic E-state index is -1.12. The fourth-order valence-electron chi connectivity index (χ4n) is 8.37. The van der Waals surface area contributed by atoms with Gasteiger partial charge in [-0.15, -0.1) is 13.2 Å². The molecule has 5 rings (SSSR count). The normalized spacial score (nSPS) is 26.2. The van der Waals surface area contributed by atoms with Crippen LogP contribution in [0.1, 0.15) is 62.1 Å². The summed E-state index contributed by atoms with van der Waals surface area (Å²) in [5, 5.41) is 9.41. The molecular weight excluding hydrogens is 578 g/mol. The van der Waals surface area contributed by atoms with E-state index in [9.17, 15) is 14.7 Å². The third-order valence-electron chi connectivity index (χ3n) is 10.4. The molecule has 8 heteroatoms. The van der Waals surface area contributed by atoms with Crippen molar-refractivity contribution in [3.8, 4) is 0 Å². The lowest BCUT2D eigenvalue weighted by Crippen LogP contribution is -2.57. The molecule has 0 radical (unpaired) electrons. The zero-order valence-electron chi connectivity index (χ0n) is 27.6. The fraction of sp³-hybridized carbons (Fsp3) is 0.500. The van der Waals surface area contributed by atoms with Crippen molar-refractivity contribution in [3.63, 3.8) is 0 Å². The molecule has 2 aromatic carbocycles. The fourth-order valence-corrected chi connectivity index (χ4v) is 8.37. The number of aliphatic hydroxyl groups excluding tert-OH is 1. The van der Waals surface area contributed by atoms with Crippen molar-refractivity contribution < 1.29 is 24.2 Å². The maximum Gasteiger partial charge on any atom is 0.253 e. The van der Waals surface area contributed by atoms with E-state index in [1.54, 1.807) is 26.9 Å². The number of hydrogen-bond donors (Lipinski definition) is 1. The zero-order chi connectivity index (χ0) is 33.1. The second-order valence-electron chi connectivity index (χ2n) is 13.1. The van der Waals surface area contributed by atoms with Gasteiger partial charge < -0.3 is 24.5 Å². The molecule has 3 saturated heterocycles. The molecule has 3 aliphatic rings. The predicted molar refractivity (Wildman–Crippen MR) is 180 cm³/mol. The molecule has 46 heavy (non-hydrogen) atoms. The van der Waals surface area contributed by atoms with Crippen LogP contribution < -0.4 is 4.90 Å². The summed E-state index contributed by atoms with van der Waals surface area (Å²) in [4.78, 5) is 49.7. The number of carbonyl (C=O) groups is 3. The van der Waals surface area contributed by atoms with Gasteiger partial charge in [0.05, 0.1) is 17.4 Å². The van der Waals surface area contributed by atoms with Crippen LogP contribution in [-0.4, -0.2) is 76.1 Å². The maximum atomic E-state index is 15.0. The number of rotatable bonds is 15. The lowest BCUT2D eigenvalue weighted by molar-refractivity contribution is -0.151. The summed E-state index contributed by atoms with van der Waals surface area (Å²) in [5.74, 6) is -2.01. The predicted octanol–water partition coefficient (Wildman–Crippen LogP) is 5.35. The van der Waals surface area contributed by atoms with E-state index in [-0.39, 0.29) is 30.9 Å². The first kappa shape index (κ1) is 33.6. The zero-order valence-corrected chi connectivity index (χ0v) is 27.6. The Morgan fingerprint density at radius 3 is 2.30 bits per heavy atom. The summed E-state index contributed by atoms with van der Waals surface area (Å²) in [6.45, 7) is 15.3. The lowest BCUT2D eigenvalue weighted by Gasteiger charge is -2.37. The van der Waals surface area contributed by atoms with E-state index < -0.39 is 29.1 Å². The molecular formula is C38H49N3O5. The van der Waals surface area contributed by atoms with Gasteiger partial charge in [-0.25, -0.2) is 0 Å². The number of benzene rings is 2. The van der Waals surface area contributed by atoms with Crippen LogP contribution in [0.2, 0.25) is 0 Å². The van der Waals surface area contributed by atoms with Crippen LogP contribution in [0.15, 0.2) is 73.8 Å². The molecule has 0 saturated carbocycles. The third kappa shape index (κ3) is 5.71. The lowest BCUT2D eigenvalue weighted by atomic mass is 9.64. The van der Waals surface area contributed by atoms with Crippen molar-refractivity contribution in [2.75, 3.05) is 31.1 Å². The Labute approximate surface area is 273 Å². The number of amides is 3. The van der Waals surface area contributed by atoms with Crippen LogP contribution in [0.3, 0.4) is 0 Å². The van der Waals surface area contributed by atoms with Crippen LogP contribution >= 0.6 is 0 Å². The van der Waals surface area contributed by atoms with Crippen LogP contribution in [0.5, 0.6) is 0 Å². The van der Waals surface area contributed by atoms with Crippen molar-refractivity contribution in [1.82, 2.24) is 9.80 Å². The number of aliphatic hydroxyl groups is 1. The van der Waals surface area contributed by atoms with Gasteiger partial charge in [-0.1, -0.05) is 67.6 Å². The molecule has 2 unspecified atom stereocenters. The van der Waals surface area contributed by atoms with Gasteiger partial charge in [0.1, 0.15) is 11.6 Å². The molecule has 3 fully saturated rings. The number of anilines is 1. The van der Waals surface area contributed by atoms with Crippen molar-refractivity contribution >= 4 is 23.4 Å². The largest absolute Gasteiger partial charge is 0.396 e. The maximum absolute atomic E-state index is 15.0. The number of fused-ring (bicyclic) bond motifs is 1. The molecule has 0 aromatic heterocycles. The smallest absolute Gasteiger partial charge is 0.253 e. The van der Waals surface area contributed by atoms with E-state index >= 15 is 4.79 Å². The van der Waals surface area contributed by atoms with Gasteiger partial charge in [-0.3, -0.25) is 14.4 Å².